The zero-order chi connectivity index (χ0) is 12.6. The van der Waals surface area contributed by atoms with Gasteiger partial charge in [-0.2, -0.15) is 0 Å². The standard InChI is InChI=1S/C12H10ClFN2O/c1-6-11(15-7(2)16-12(6)17)9-5-8(14)3-4-10(9)13/h3-5H,1-2H3,(H,15,16,17). The molecule has 0 saturated carbocycles. The molecule has 2 rings (SSSR count). The minimum Gasteiger partial charge on any atom is -0.311 e. The van der Waals surface area contributed by atoms with Crippen molar-refractivity contribution < 1.29 is 4.39 Å². The molecule has 0 saturated heterocycles. The van der Waals surface area contributed by atoms with Crippen LogP contribution in [0.3, 0.4) is 0 Å². The molecule has 1 N–H and O–H groups in total. The first-order valence-electron chi connectivity index (χ1n) is 5.02. The highest BCUT2D eigenvalue weighted by molar-refractivity contribution is 6.33. The van der Waals surface area contributed by atoms with Gasteiger partial charge in [-0.15, -0.1) is 0 Å². The van der Waals surface area contributed by atoms with Gasteiger partial charge in [-0.05, 0) is 32.0 Å². The number of nitrogens with zero attached hydrogens (tertiary/aromatic N) is 1. The largest absolute Gasteiger partial charge is 0.311 e. The molecule has 2 aromatic rings. The van der Waals surface area contributed by atoms with Crippen LogP contribution in [0.1, 0.15) is 11.4 Å². The smallest absolute Gasteiger partial charge is 0.254 e. The van der Waals surface area contributed by atoms with E-state index >= 15 is 0 Å². The second kappa shape index (κ2) is 4.30. The van der Waals surface area contributed by atoms with Crippen molar-refractivity contribution in [2.24, 2.45) is 0 Å². The van der Waals surface area contributed by atoms with E-state index in [2.05, 4.69) is 9.97 Å². The van der Waals surface area contributed by atoms with Gasteiger partial charge in [0.25, 0.3) is 5.56 Å². The van der Waals surface area contributed by atoms with E-state index in [1.54, 1.807) is 13.8 Å². The molecule has 0 amide bonds. The molecule has 0 unspecified atom stereocenters. The maximum Gasteiger partial charge on any atom is 0.254 e. The number of benzene rings is 1. The van der Waals surface area contributed by atoms with Crippen LogP contribution in [0.4, 0.5) is 4.39 Å². The lowest BCUT2D eigenvalue weighted by molar-refractivity contribution is 0.628. The predicted molar refractivity (Wildman–Crippen MR) is 64.7 cm³/mol. The average molecular weight is 253 g/mol. The summed E-state index contributed by atoms with van der Waals surface area (Å²) >= 11 is 5.99. The monoisotopic (exact) mass is 252 g/mol. The van der Waals surface area contributed by atoms with Crippen LogP contribution >= 0.6 is 11.6 Å². The maximum absolute atomic E-state index is 13.2. The van der Waals surface area contributed by atoms with Gasteiger partial charge in [0.2, 0.25) is 0 Å². The summed E-state index contributed by atoms with van der Waals surface area (Å²) in [5, 5.41) is 0.368. The number of hydrogen-bond donors (Lipinski definition) is 1. The van der Waals surface area contributed by atoms with E-state index in [1.807, 2.05) is 0 Å². The van der Waals surface area contributed by atoms with Crippen molar-refractivity contribution in [1.82, 2.24) is 9.97 Å². The van der Waals surface area contributed by atoms with E-state index < -0.39 is 5.82 Å². The van der Waals surface area contributed by atoms with Crippen molar-refractivity contribution in [1.29, 1.82) is 0 Å². The lowest BCUT2D eigenvalue weighted by Crippen LogP contribution is -2.14. The summed E-state index contributed by atoms with van der Waals surface area (Å²) < 4.78 is 13.2. The summed E-state index contributed by atoms with van der Waals surface area (Å²) in [5.41, 5.74) is 1.02. The van der Waals surface area contributed by atoms with Gasteiger partial charge in [-0.25, -0.2) is 9.37 Å². The maximum atomic E-state index is 13.2. The summed E-state index contributed by atoms with van der Waals surface area (Å²) in [4.78, 5) is 18.4. The number of aryl methyl sites for hydroxylation is 1. The number of aromatic nitrogens is 2. The van der Waals surface area contributed by atoms with Crippen molar-refractivity contribution in [3.8, 4) is 11.3 Å². The van der Waals surface area contributed by atoms with Crippen LogP contribution in [0, 0.1) is 19.7 Å². The first-order chi connectivity index (χ1) is 7.99. The van der Waals surface area contributed by atoms with Gasteiger partial charge in [-0.3, -0.25) is 4.79 Å². The molecule has 5 heteroatoms. The predicted octanol–water partition coefficient (Wildman–Crippen LogP) is 2.85. The molecular weight excluding hydrogens is 243 g/mol. The minimum atomic E-state index is -0.413. The Kier molecular flexibility index (Phi) is 2.98. The zero-order valence-corrected chi connectivity index (χ0v) is 10.1. The number of halogens is 2. The summed E-state index contributed by atoms with van der Waals surface area (Å²) in [7, 11) is 0. The van der Waals surface area contributed by atoms with E-state index in [9.17, 15) is 9.18 Å². The van der Waals surface area contributed by atoms with Gasteiger partial charge in [0.1, 0.15) is 11.6 Å². The zero-order valence-electron chi connectivity index (χ0n) is 9.34. The highest BCUT2D eigenvalue weighted by Crippen LogP contribution is 2.28. The van der Waals surface area contributed by atoms with Crippen molar-refractivity contribution in [2.45, 2.75) is 13.8 Å². The SMILES string of the molecule is Cc1nc(-c2cc(F)ccc2Cl)c(C)c(=O)[nH]1. The molecule has 0 aliphatic rings. The Morgan fingerprint density at radius 1 is 1.35 bits per heavy atom. The highest BCUT2D eigenvalue weighted by atomic mass is 35.5. The van der Waals surface area contributed by atoms with Gasteiger partial charge >= 0.3 is 0 Å². The summed E-state index contributed by atoms with van der Waals surface area (Å²) in [5.74, 6) is 0.0551. The Bertz CT molecular complexity index is 637. The average Bonchev–Trinajstić information content (AvgIpc) is 2.27. The van der Waals surface area contributed by atoms with Gasteiger partial charge in [0.05, 0.1) is 10.7 Å². The van der Waals surface area contributed by atoms with Crippen molar-refractivity contribution in [3.63, 3.8) is 0 Å². The normalized spacial score (nSPS) is 10.6. The highest BCUT2D eigenvalue weighted by Gasteiger charge is 2.12. The molecule has 0 aliphatic heterocycles. The Labute approximate surface area is 102 Å². The van der Waals surface area contributed by atoms with Crippen LogP contribution in [-0.2, 0) is 0 Å². The second-order valence-electron chi connectivity index (χ2n) is 3.75. The van der Waals surface area contributed by atoms with Crippen LogP contribution in [0.15, 0.2) is 23.0 Å². The van der Waals surface area contributed by atoms with Crippen LogP contribution < -0.4 is 5.56 Å². The molecule has 0 bridgehead atoms. The summed E-state index contributed by atoms with van der Waals surface area (Å²) in [6.07, 6.45) is 0. The van der Waals surface area contributed by atoms with Gasteiger partial charge in [0.15, 0.2) is 0 Å². The van der Waals surface area contributed by atoms with Gasteiger partial charge in [-0.1, -0.05) is 11.6 Å². The fraction of sp³-hybridized carbons (Fsp3) is 0.167. The molecule has 0 atom stereocenters. The Hall–Kier alpha value is -1.68. The number of rotatable bonds is 1. The summed E-state index contributed by atoms with van der Waals surface area (Å²) in [6, 6.07) is 3.99. The molecule has 0 radical (unpaired) electrons. The third-order valence-corrected chi connectivity index (χ3v) is 2.78. The lowest BCUT2D eigenvalue weighted by atomic mass is 10.1. The number of hydrogen-bond acceptors (Lipinski definition) is 2. The second-order valence-corrected chi connectivity index (χ2v) is 4.16. The van der Waals surface area contributed by atoms with E-state index in [1.165, 1.54) is 18.2 Å². The number of aromatic amines is 1. The number of H-pyrrole nitrogens is 1. The Balaban J connectivity index is 2.76. The Morgan fingerprint density at radius 2 is 2.06 bits per heavy atom. The minimum absolute atomic E-state index is 0.243. The van der Waals surface area contributed by atoms with E-state index in [0.717, 1.165) is 0 Å². The van der Waals surface area contributed by atoms with E-state index in [0.29, 0.717) is 27.7 Å². The van der Waals surface area contributed by atoms with Crippen LogP contribution in [0.25, 0.3) is 11.3 Å². The molecule has 1 heterocycles. The first-order valence-corrected chi connectivity index (χ1v) is 5.40. The molecule has 0 spiro atoms. The molecule has 88 valence electrons. The molecule has 3 nitrogen and oxygen atoms in total. The van der Waals surface area contributed by atoms with Crippen molar-refractivity contribution in [3.05, 3.63) is 50.8 Å². The Morgan fingerprint density at radius 3 is 2.76 bits per heavy atom. The lowest BCUT2D eigenvalue weighted by Gasteiger charge is -2.07. The molecule has 1 aromatic carbocycles. The fourth-order valence-corrected chi connectivity index (χ4v) is 1.79. The molecule has 17 heavy (non-hydrogen) atoms. The third kappa shape index (κ3) is 2.22. The summed E-state index contributed by atoms with van der Waals surface area (Å²) in [6.45, 7) is 3.29. The molecule has 0 aliphatic carbocycles. The molecule has 0 fully saturated rings. The van der Waals surface area contributed by atoms with Crippen molar-refractivity contribution in [2.75, 3.05) is 0 Å². The molecular formula is C12H10ClFN2O. The first kappa shape index (κ1) is 11.8. The topological polar surface area (TPSA) is 45.8 Å². The quantitative estimate of drug-likeness (QED) is 0.848. The van der Waals surface area contributed by atoms with Gasteiger partial charge in [0, 0.05) is 11.1 Å². The fourth-order valence-electron chi connectivity index (χ4n) is 1.59. The van der Waals surface area contributed by atoms with Crippen LogP contribution in [0.2, 0.25) is 5.02 Å². The molecule has 1 aromatic heterocycles. The van der Waals surface area contributed by atoms with E-state index in [4.69, 9.17) is 11.6 Å². The van der Waals surface area contributed by atoms with Gasteiger partial charge < -0.3 is 4.98 Å². The third-order valence-electron chi connectivity index (χ3n) is 2.45. The van der Waals surface area contributed by atoms with E-state index in [-0.39, 0.29) is 5.56 Å². The van der Waals surface area contributed by atoms with Crippen molar-refractivity contribution >= 4 is 11.6 Å². The number of nitrogens with one attached hydrogen (secondary N) is 1. The van der Waals surface area contributed by atoms with Crippen LogP contribution in [-0.4, -0.2) is 9.97 Å². The van der Waals surface area contributed by atoms with Crippen LogP contribution in [0.5, 0.6) is 0 Å².